The Morgan fingerprint density at radius 1 is 1.47 bits per heavy atom. The molecule has 1 aliphatic rings. The molecule has 98 valence electrons. The van der Waals surface area contributed by atoms with Crippen LogP contribution in [-0.4, -0.2) is 23.9 Å². The van der Waals surface area contributed by atoms with Crippen LogP contribution < -0.4 is 0 Å². The SMILES string of the molecule is CCOC(=O)C1(C(C)CC)CC(C(C)C)=NO1. The second kappa shape index (κ2) is 5.52. The molecule has 1 heterocycles. The first-order valence-electron chi connectivity index (χ1n) is 6.40. The monoisotopic (exact) mass is 241 g/mol. The Labute approximate surface area is 103 Å². The van der Waals surface area contributed by atoms with Crippen LogP contribution in [0.15, 0.2) is 5.16 Å². The molecule has 0 spiro atoms. The first-order valence-corrected chi connectivity index (χ1v) is 6.40. The summed E-state index contributed by atoms with van der Waals surface area (Å²) in [6.07, 6.45) is 1.41. The number of hydrogen-bond acceptors (Lipinski definition) is 4. The van der Waals surface area contributed by atoms with E-state index in [1.165, 1.54) is 0 Å². The third-order valence-electron chi connectivity index (χ3n) is 3.47. The first-order chi connectivity index (χ1) is 7.97. The molecule has 0 N–H and O–H groups in total. The summed E-state index contributed by atoms with van der Waals surface area (Å²) in [7, 11) is 0. The summed E-state index contributed by atoms with van der Waals surface area (Å²) >= 11 is 0. The van der Waals surface area contributed by atoms with E-state index in [4.69, 9.17) is 9.57 Å². The number of hydrogen-bond donors (Lipinski definition) is 0. The minimum Gasteiger partial charge on any atom is -0.463 e. The number of esters is 1. The molecule has 0 fully saturated rings. The molecule has 2 atom stereocenters. The molecule has 0 aromatic heterocycles. The maximum absolute atomic E-state index is 12.1. The Bertz CT molecular complexity index is 312. The summed E-state index contributed by atoms with van der Waals surface area (Å²) in [6.45, 7) is 10.3. The van der Waals surface area contributed by atoms with E-state index in [-0.39, 0.29) is 11.9 Å². The predicted molar refractivity (Wildman–Crippen MR) is 66.8 cm³/mol. The van der Waals surface area contributed by atoms with Gasteiger partial charge < -0.3 is 9.57 Å². The van der Waals surface area contributed by atoms with Crippen molar-refractivity contribution in [2.45, 2.75) is 53.1 Å². The minimum atomic E-state index is -0.898. The lowest BCUT2D eigenvalue weighted by atomic mass is 9.81. The number of carbonyl (C=O) groups is 1. The van der Waals surface area contributed by atoms with Crippen molar-refractivity contribution < 1.29 is 14.4 Å². The highest BCUT2D eigenvalue weighted by Crippen LogP contribution is 2.36. The number of ether oxygens (including phenoxy) is 1. The molecule has 4 nitrogen and oxygen atoms in total. The number of nitrogens with zero attached hydrogens (tertiary/aromatic N) is 1. The molecule has 0 saturated carbocycles. The van der Waals surface area contributed by atoms with E-state index in [2.05, 4.69) is 19.0 Å². The second-order valence-electron chi connectivity index (χ2n) is 4.92. The topological polar surface area (TPSA) is 47.9 Å². The molecular weight excluding hydrogens is 218 g/mol. The van der Waals surface area contributed by atoms with E-state index in [0.29, 0.717) is 18.9 Å². The van der Waals surface area contributed by atoms with Gasteiger partial charge in [0.15, 0.2) is 0 Å². The molecule has 1 aliphatic heterocycles. The quantitative estimate of drug-likeness (QED) is 0.695. The molecule has 0 aromatic carbocycles. The molecule has 4 heteroatoms. The zero-order chi connectivity index (χ0) is 13.1. The van der Waals surface area contributed by atoms with Gasteiger partial charge in [0.2, 0.25) is 5.60 Å². The smallest absolute Gasteiger partial charge is 0.354 e. The van der Waals surface area contributed by atoms with E-state index in [9.17, 15) is 4.79 Å². The lowest BCUT2D eigenvalue weighted by Crippen LogP contribution is -2.46. The third-order valence-corrected chi connectivity index (χ3v) is 3.47. The first kappa shape index (κ1) is 14.0. The Hall–Kier alpha value is -1.06. The van der Waals surface area contributed by atoms with Crippen molar-refractivity contribution in [1.29, 1.82) is 0 Å². The summed E-state index contributed by atoms with van der Waals surface area (Å²) in [5, 5.41) is 4.08. The normalized spacial score (nSPS) is 25.4. The average Bonchev–Trinajstić information content (AvgIpc) is 2.74. The van der Waals surface area contributed by atoms with Gasteiger partial charge in [0.05, 0.1) is 12.3 Å². The Kier molecular flexibility index (Phi) is 4.54. The summed E-state index contributed by atoms with van der Waals surface area (Å²) in [4.78, 5) is 17.6. The van der Waals surface area contributed by atoms with Crippen LogP contribution in [-0.2, 0) is 14.4 Å². The maximum atomic E-state index is 12.1. The molecule has 0 aliphatic carbocycles. The van der Waals surface area contributed by atoms with Crippen LogP contribution >= 0.6 is 0 Å². The maximum Gasteiger partial charge on any atom is 0.354 e. The molecule has 1 rings (SSSR count). The van der Waals surface area contributed by atoms with Crippen molar-refractivity contribution in [3.8, 4) is 0 Å². The Balaban J connectivity index is 2.89. The number of oxime groups is 1. The van der Waals surface area contributed by atoms with Gasteiger partial charge in [-0.15, -0.1) is 0 Å². The highest BCUT2D eigenvalue weighted by Gasteiger charge is 2.51. The summed E-state index contributed by atoms with van der Waals surface area (Å²) in [5.74, 6) is 0.116. The zero-order valence-electron chi connectivity index (χ0n) is 11.4. The number of rotatable bonds is 5. The Morgan fingerprint density at radius 2 is 2.12 bits per heavy atom. The van der Waals surface area contributed by atoms with Crippen LogP contribution in [0.3, 0.4) is 0 Å². The summed E-state index contributed by atoms with van der Waals surface area (Å²) < 4.78 is 5.14. The van der Waals surface area contributed by atoms with Gasteiger partial charge in [-0.3, -0.25) is 0 Å². The van der Waals surface area contributed by atoms with E-state index in [1.54, 1.807) is 6.92 Å². The molecule has 0 saturated heterocycles. The van der Waals surface area contributed by atoms with Crippen LogP contribution in [0.25, 0.3) is 0 Å². The van der Waals surface area contributed by atoms with E-state index in [0.717, 1.165) is 12.1 Å². The van der Waals surface area contributed by atoms with Crippen molar-refractivity contribution in [3.63, 3.8) is 0 Å². The van der Waals surface area contributed by atoms with Crippen molar-refractivity contribution in [3.05, 3.63) is 0 Å². The van der Waals surface area contributed by atoms with Gasteiger partial charge in [-0.1, -0.05) is 32.9 Å². The van der Waals surface area contributed by atoms with Crippen molar-refractivity contribution >= 4 is 11.7 Å². The van der Waals surface area contributed by atoms with Gasteiger partial charge in [0, 0.05) is 12.3 Å². The van der Waals surface area contributed by atoms with Gasteiger partial charge in [0.25, 0.3) is 0 Å². The van der Waals surface area contributed by atoms with Crippen LogP contribution in [0, 0.1) is 11.8 Å². The van der Waals surface area contributed by atoms with E-state index in [1.807, 2.05) is 13.8 Å². The standard InChI is InChI=1S/C13H23NO3/c1-6-10(5)13(12(15)16-7-2)8-11(9(3)4)14-17-13/h9-10H,6-8H2,1-5H3. The van der Waals surface area contributed by atoms with Crippen molar-refractivity contribution in [2.75, 3.05) is 6.61 Å². The molecule has 0 amide bonds. The lowest BCUT2D eigenvalue weighted by molar-refractivity contribution is -0.176. The fourth-order valence-corrected chi connectivity index (χ4v) is 1.94. The molecular formula is C13H23NO3. The van der Waals surface area contributed by atoms with Crippen molar-refractivity contribution in [2.24, 2.45) is 17.0 Å². The zero-order valence-corrected chi connectivity index (χ0v) is 11.4. The van der Waals surface area contributed by atoms with Crippen LogP contribution in [0.1, 0.15) is 47.5 Å². The Morgan fingerprint density at radius 3 is 2.53 bits per heavy atom. The van der Waals surface area contributed by atoms with Gasteiger partial charge in [-0.25, -0.2) is 4.79 Å². The summed E-state index contributed by atoms with van der Waals surface area (Å²) in [6, 6.07) is 0. The fourth-order valence-electron chi connectivity index (χ4n) is 1.94. The lowest BCUT2D eigenvalue weighted by Gasteiger charge is -2.29. The second-order valence-corrected chi connectivity index (χ2v) is 4.92. The van der Waals surface area contributed by atoms with E-state index < -0.39 is 5.60 Å². The number of carbonyl (C=O) groups excluding carboxylic acids is 1. The van der Waals surface area contributed by atoms with Crippen LogP contribution in [0.2, 0.25) is 0 Å². The van der Waals surface area contributed by atoms with Crippen LogP contribution in [0.4, 0.5) is 0 Å². The van der Waals surface area contributed by atoms with Gasteiger partial charge in [-0.05, 0) is 19.3 Å². The molecule has 17 heavy (non-hydrogen) atoms. The summed E-state index contributed by atoms with van der Waals surface area (Å²) in [5.41, 5.74) is 0.0445. The molecule has 0 radical (unpaired) electrons. The predicted octanol–water partition coefficient (Wildman–Crippen LogP) is 2.77. The molecule has 0 aromatic rings. The van der Waals surface area contributed by atoms with Gasteiger partial charge >= 0.3 is 5.97 Å². The van der Waals surface area contributed by atoms with Gasteiger partial charge in [0.1, 0.15) is 0 Å². The molecule has 0 bridgehead atoms. The van der Waals surface area contributed by atoms with Crippen molar-refractivity contribution in [1.82, 2.24) is 0 Å². The highest BCUT2D eigenvalue weighted by molar-refractivity contribution is 5.94. The van der Waals surface area contributed by atoms with Crippen LogP contribution in [0.5, 0.6) is 0 Å². The average molecular weight is 241 g/mol. The fraction of sp³-hybridized carbons (Fsp3) is 0.846. The third kappa shape index (κ3) is 2.61. The highest BCUT2D eigenvalue weighted by atomic mass is 16.7. The minimum absolute atomic E-state index is 0.0987. The van der Waals surface area contributed by atoms with E-state index >= 15 is 0 Å². The van der Waals surface area contributed by atoms with Gasteiger partial charge in [-0.2, -0.15) is 0 Å². The largest absolute Gasteiger partial charge is 0.463 e. The molecule has 2 unspecified atom stereocenters.